The first-order chi connectivity index (χ1) is 14.9. The van der Waals surface area contributed by atoms with Gasteiger partial charge in [-0.2, -0.15) is 5.10 Å². The highest BCUT2D eigenvalue weighted by molar-refractivity contribution is 8.21. The molecular formula is C25H36ClN5S. The fourth-order valence-electron chi connectivity index (χ4n) is 4.62. The van der Waals surface area contributed by atoms with Crippen LogP contribution < -0.4 is 0 Å². The van der Waals surface area contributed by atoms with Crippen LogP contribution in [-0.2, 0) is 0 Å². The lowest BCUT2D eigenvalue weighted by molar-refractivity contribution is -0.0309. The average molecular weight is 474 g/mol. The number of amidine groups is 1. The third kappa shape index (κ3) is 5.08. The summed E-state index contributed by atoms with van der Waals surface area (Å²) in [4.78, 5) is 10.3. The van der Waals surface area contributed by atoms with Gasteiger partial charge >= 0.3 is 0 Å². The number of halogens is 1. The molecule has 0 bridgehead atoms. The van der Waals surface area contributed by atoms with E-state index < -0.39 is 0 Å². The molecule has 0 saturated carbocycles. The lowest BCUT2D eigenvalue weighted by Gasteiger charge is -2.55. The molecule has 0 amide bonds. The summed E-state index contributed by atoms with van der Waals surface area (Å²) in [5.41, 5.74) is 3.05. The third-order valence-corrected chi connectivity index (χ3v) is 8.21. The molecule has 2 aromatic rings. The average Bonchev–Trinajstić information content (AvgIpc) is 3.15. The number of benzene rings is 1. The summed E-state index contributed by atoms with van der Waals surface area (Å²) in [6.07, 6.45) is 4.09. The monoisotopic (exact) mass is 473 g/mol. The van der Waals surface area contributed by atoms with Crippen LogP contribution in [0.25, 0.3) is 10.6 Å². The van der Waals surface area contributed by atoms with Crippen LogP contribution in [0.2, 0.25) is 5.02 Å². The van der Waals surface area contributed by atoms with Crippen LogP contribution in [-0.4, -0.2) is 63.0 Å². The third-order valence-electron chi connectivity index (χ3n) is 6.78. The summed E-state index contributed by atoms with van der Waals surface area (Å²) >= 11 is 8.23. The summed E-state index contributed by atoms with van der Waals surface area (Å²) in [5.74, 6) is 0. The molecule has 1 aliphatic rings. The standard InChI is InChI=1S/C25H36ClN5S/c1-17-12-13-31(28-17)19-10-11-21(22(26)14-19)18(2)32-23(27-7)29(8)20-15-24(3,4)30(9)25(5,6)16-20/h10-14,20H,2,15-16H2,1,3-9H3. The van der Waals surface area contributed by atoms with Gasteiger partial charge in [-0.05, 0) is 72.7 Å². The van der Waals surface area contributed by atoms with Gasteiger partial charge in [-0.25, -0.2) is 4.68 Å². The van der Waals surface area contributed by atoms with Gasteiger partial charge < -0.3 is 4.90 Å². The van der Waals surface area contributed by atoms with E-state index in [2.05, 4.69) is 68.3 Å². The van der Waals surface area contributed by atoms with E-state index in [-0.39, 0.29) is 11.1 Å². The Kier molecular flexibility index (Phi) is 7.18. The molecule has 7 heteroatoms. The van der Waals surface area contributed by atoms with Gasteiger partial charge in [-0.15, -0.1) is 0 Å². The molecule has 0 aliphatic carbocycles. The number of aliphatic imine (C=N–C) groups is 1. The van der Waals surface area contributed by atoms with Crippen molar-refractivity contribution < 1.29 is 0 Å². The maximum absolute atomic E-state index is 6.65. The van der Waals surface area contributed by atoms with Crippen LogP contribution in [0.3, 0.4) is 0 Å². The van der Waals surface area contributed by atoms with E-state index in [4.69, 9.17) is 11.6 Å². The summed E-state index contributed by atoms with van der Waals surface area (Å²) in [7, 11) is 6.23. The van der Waals surface area contributed by atoms with Crippen molar-refractivity contribution in [2.45, 2.75) is 64.6 Å². The summed E-state index contributed by atoms with van der Waals surface area (Å²) in [6.45, 7) is 15.6. The lowest BCUT2D eigenvalue weighted by atomic mass is 9.77. The molecule has 174 valence electrons. The largest absolute Gasteiger partial charge is 0.351 e. The molecule has 0 unspecified atom stereocenters. The van der Waals surface area contributed by atoms with Gasteiger partial charge in [-0.3, -0.25) is 9.89 Å². The first kappa shape index (κ1) is 24.9. The molecule has 1 aliphatic heterocycles. The van der Waals surface area contributed by atoms with Crippen molar-refractivity contribution in [1.82, 2.24) is 19.6 Å². The van der Waals surface area contributed by atoms with Gasteiger partial charge in [0.25, 0.3) is 0 Å². The molecule has 1 saturated heterocycles. The molecule has 3 rings (SSSR count). The van der Waals surface area contributed by atoms with Crippen LogP contribution in [0.5, 0.6) is 0 Å². The van der Waals surface area contributed by atoms with Gasteiger partial charge in [0.05, 0.1) is 16.4 Å². The molecule has 32 heavy (non-hydrogen) atoms. The van der Waals surface area contributed by atoms with E-state index in [0.717, 1.165) is 39.9 Å². The number of likely N-dealkylation sites (tertiary alicyclic amines) is 1. The minimum atomic E-state index is 0.116. The highest BCUT2D eigenvalue weighted by Gasteiger charge is 2.44. The number of aryl methyl sites for hydroxylation is 1. The molecule has 0 N–H and O–H groups in total. The zero-order valence-corrected chi connectivity index (χ0v) is 22.2. The Balaban J connectivity index is 1.76. The molecule has 5 nitrogen and oxygen atoms in total. The Morgan fingerprint density at radius 2 is 1.84 bits per heavy atom. The zero-order valence-electron chi connectivity index (χ0n) is 20.6. The van der Waals surface area contributed by atoms with Crippen molar-refractivity contribution in [1.29, 1.82) is 0 Å². The van der Waals surface area contributed by atoms with E-state index in [9.17, 15) is 0 Å². The van der Waals surface area contributed by atoms with Crippen LogP contribution >= 0.6 is 23.4 Å². The van der Waals surface area contributed by atoms with E-state index >= 15 is 0 Å². The van der Waals surface area contributed by atoms with E-state index in [1.165, 1.54) is 0 Å². The Morgan fingerprint density at radius 1 is 1.22 bits per heavy atom. The smallest absolute Gasteiger partial charge is 0.163 e. The van der Waals surface area contributed by atoms with Gasteiger partial charge in [0.2, 0.25) is 0 Å². The van der Waals surface area contributed by atoms with Crippen LogP contribution in [0.1, 0.15) is 51.8 Å². The molecule has 1 aromatic carbocycles. The molecule has 0 atom stereocenters. The number of aromatic nitrogens is 2. The molecule has 0 spiro atoms. The van der Waals surface area contributed by atoms with Gasteiger partial charge in [0.1, 0.15) is 0 Å². The van der Waals surface area contributed by atoms with Crippen molar-refractivity contribution >= 4 is 33.4 Å². The van der Waals surface area contributed by atoms with E-state index in [1.54, 1.807) is 11.8 Å². The number of nitrogens with zero attached hydrogens (tertiary/aromatic N) is 5. The quantitative estimate of drug-likeness (QED) is 0.396. The van der Waals surface area contributed by atoms with Gasteiger partial charge in [-0.1, -0.05) is 36.0 Å². The van der Waals surface area contributed by atoms with Crippen LogP contribution in [0.15, 0.2) is 42.0 Å². The number of hydrogen-bond donors (Lipinski definition) is 0. The second kappa shape index (κ2) is 9.24. The lowest BCUT2D eigenvalue weighted by Crippen LogP contribution is -2.62. The van der Waals surface area contributed by atoms with Crippen molar-refractivity contribution in [3.8, 4) is 5.69 Å². The summed E-state index contributed by atoms with van der Waals surface area (Å²) in [6, 6.07) is 8.34. The zero-order chi connectivity index (χ0) is 23.8. The minimum Gasteiger partial charge on any atom is -0.351 e. The minimum absolute atomic E-state index is 0.116. The van der Waals surface area contributed by atoms with Gasteiger partial charge in [0, 0.05) is 47.9 Å². The predicted molar refractivity (Wildman–Crippen MR) is 140 cm³/mol. The number of thioether (sulfide) groups is 1. The maximum atomic E-state index is 6.65. The predicted octanol–water partition coefficient (Wildman–Crippen LogP) is 6.11. The maximum Gasteiger partial charge on any atom is 0.163 e. The first-order valence-corrected chi connectivity index (χ1v) is 12.2. The van der Waals surface area contributed by atoms with Crippen molar-refractivity contribution in [2.24, 2.45) is 4.99 Å². The highest BCUT2D eigenvalue weighted by Crippen LogP contribution is 2.40. The van der Waals surface area contributed by atoms with E-state index in [1.807, 2.05) is 49.1 Å². The molecule has 0 radical (unpaired) electrons. The topological polar surface area (TPSA) is 36.7 Å². The Hall–Kier alpha value is -1.76. The molecule has 2 heterocycles. The van der Waals surface area contributed by atoms with Crippen LogP contribution in [0.4, 0.5) is 0 Å². The van der Waals surface area contributed by atoms with Crippen molar-refractivity contribution in [3.63, 3.8) is 0 Å². The Labute approximate surface area is 202 Å². The number of piperidine rings is 1. The van der Waals surface area contributed by atoms with E-state index in [0.29, 0.717) is 11.1 Å². The number of rotatable bonds is 4. The fraction of sp³-hybridized carbons (Fsp3) is 0.520. The highest BCUT2D eigenvalue weighted by atomic mass is 35.5. The van der Waals surface area contributed by atoms with Crippen molar-refractivity contribution in [2.75, 3.05) is 21.1 Å². The second-order valence-corrected chi connectivity index (χ2v) is 11.4. The molecular weight excluding hydrogens is 438 g/mol. The second-order valence-electron chi connectivity index (χ2n) is 9.95. The molecule has 1 fully saturated rings. The summed E-state index contributed by atoms with van der Waals surface area (Å²) in [5, 5.41) is 6.08. The van der Waals surface area contributed by atoms with Crippen LogP contribution in [0, 0.1) is 6.92 Å². The van der Waals surface area contributed by atoms with Gasteiger partial charge in [0.15, 0.2) is 5.17 Å². The fourth-order valence-corrected chi connectivity index (χ4v) is 5.86. The number of hydrogen-bond acceptors (Lipinski definition) is 4. The molecule has 1 aromatic heterocycles. The Bertz CT molecular complexity index is 1010. The Morgan fingerprint density at radius 3 is 2.34 bits per heavy atom. The normalized spacial score (nSPS) is 19.2. The summed E-state index contributed by atoms with van der Waals surface area (Å²) < 4.78 is 1.83. The first-order valence-electron chi connectivity index (χ1n) is 11.0. The SMILES string of the molecule is C=C(SC(=NC)N(C)C1CC(C)(C)N(C)C(C)(C)C1)c1ccc(-n2ccc(C)n2)cc1Cl. The van der Waals surface area contributed by atoms with Crippen molar-refractivity contribution in [3.05, 3.63) is 53.3 Å².